The van der Waals surface area contributed by atoms with E-state index in [0.29, 0.717) is 18.7 Å². The Morgan fingerprint density at radius 1 is 1.39 bits per heavy atom. The molecule has 1 aromatic heterocycles. The van der Waals surface area contributed by atoms with E-state index < -0.39 is 6.04 Å². The van der Waals surface area contributed by atoms with Crippen molar-refractivity contribution in [1.82, 2.24) is 15.4 Å². The predicted molar refractivity (Wildman–Crippen MR) is 65.4 cm³/mol. The Morgan fingerprint density at radius 3 is 2.56 bits per heavy atom. The van der Waals surface area contributed by atoms with Crippen molar-refractivity contribution in [2.24, 2.45) is 0 Å². The molecular weight excluding hydrogens is 232 g/mol. The van der Waals surface area contributed by atoms with Gasteiger partial charge in [-0.1, -0.05) is 0 Å². The van der Waals surface area contributed by atoms with E-state index in [1.54, 1.807) is 29.4 Å². The summed E-state index contributed by atoms with van der Waals surface area (Å²) >= 11 is 0. The summed E-state index contributed by atoms with van der Waals surface area (Å²) in [5.74, 6) is -0.323. The summed E-state index contributed by atoms with van der Waals surface area (Å²) in [6, 6.07) is 2.53. The first-order chi connectivity index (χ1) is 8.74. The number of carbonyl (C=O) groups excluding carboxylic acids is 1. The zero-order valence-corrected chi connectivity index (χ0v) is 9.97. The molecule has 96 valence electrons. The Balaban J connectivity index is 2.12. The van der Waals surface area contributed by atoms with Gasteiger partial charge in [-0.15, -0.1) is 0 Å². The van der Waals surface area contributed by atoms with E-state index in [9.17, 15) is 4.79 Å². The number of hydroxylamine groups is 1. The van der Waals surface area contributed by atoms with Gasteiger partial charge in [0.2, 0.25) is 0 Å². The van der Waals surface area contributed by atoms with Crippen molar-refractivity contribution in [3.05, 3.63) is 30.1 Å². The van der Waals surface area contributed by atoms with E-state index >= 15 is 0 Å². The monoisotopic (exact) mass is 248 g/mol. The van der Waals surface area contributed by atoms with Crippen LogP contribution in [0, 0.1) is 5.41 Å². The van der Waals surface area contributed by atoms with Crippen molar-refractivity contribution in [2.45, 2.75) is 18.9 Å². The van der Waals surface area contributed by atoms with Crippen LogP contribution in [0.15, 0.2) is 24.5 Å². The van der Waals surface area contributed by atoms with E-state index in [-0.39, 0.29) is 11.6 Å². The molecule has 0 aliphatic carbocycles. The van der Waals surface area contributed by atoms with Crippen LogP contribution in [-0.4, -0.2) is 39.8 Å². The van der Waals surface area contributed by atoms with Crippen molar-refractivity contribution >= 4 is 11.6 Å². The van der Waals surface area contributed by atoms with Gasteiger partial charge < -0.3 is 10.1 Å². The fourth-order valence-electron chi connectivity index (χ4n) is 2.08. The molecule has 2 rings (SSSR count). The van der Waals surface area contributed by atoms with Crippen molar-refractivity contribution in [2.75, 3.05) is 13.1 Å². The van der Waals surface area contributed by atoms with Crippen LogP contribution in [0.2, 0.25) is 0 Å². The molecule has 1 fully saturated rings. The molecular formula is C12H16N4O2. The Hall–Kier alpha value is -1.79. The first kappa shape index (κ1) is 12.7. The predicted octanol–water partition coefficient (Wildman–Crippen LogP) is 0.744. The number of pyridine rings is 1. The number of nitrogens with zero attached hydrogens (tertiary/aromatic N) is 2. The fourth-order valence-corrected chi connectivity index (χ4v) is 2.08. The average molecular weight is 248 g/mol. The highest BCUT2D eigenvalue weighted by molar-refractivity contribution is 6.39. The van der Waals surface area contributed by atoms with Gasteiger partial charge in [-0.05, 0) is 30.5 Å². The van der Waals surface area contributed by atoms with Crippen LogP contribution in [0.5, 0.6) is 0 Å². The average Bonchev–Trinajstić information content (AvgIpc) is 2.94. The van der Waals surface area contributed by atoms with Crippen molar-refractivity contribution in [3.8, 4) is 0 Å². The minimum Gasteiger partial charge on any atom is -0.338 e. The second-order valence-corrected chi connectivity index (χ2v) is 4.26. The number of amides is 1. The molecule has 1 atom stereocenters. The van der Waals surface area contributed by atoms with Crippen molar-refractivity contribution in [3.63, 3.8) is 0 Å². The quantitative estimate of drug-likeness (QED) is 0.541. The van der Waals surface area contributed by atoms with E-state index in [1.807, 2.05) is 5.48 Å². The van der Waals surface area contributed by atoms with Gasteiger partial charge in [-0.2, -0.15) is 5.48 Å². The molecule has 1 saturated heterocycles. The molecule has 1 aliphatic rings. The number of aromatic nitrogens is 1. The van der Waals surface area contributed by atoms with Gasteiger partial charge in [-0.25, -0.2) is 0 Å². The summed E-state index contributed by atoms with van der Waals surface area (Å²) in [5, 5.41) is 17.1. The molecule has 1 amide bonds. The summed E-state index contributed by atoms with van der Waals surface area (Å²) in [6.07, 6.45) is 5.08. The smallest absolute Gasteiger partial charge is 0.269 e. The van der Waals surface area contributed by atoms with Gasteiger partial charge in [-0.3, -0.25) is 15.2 Å². The normalized spacial score (nSPS) is 16.6. The van der Waals surface area contributed by atoms with E-state index in [2.05, 4.69) is 4.98 Å². The first-order valence-electron chi connectivity index (χ1n) is 5.91. The molecule has 0 spiro atoms. The molecule has 3 N–H and O–H groups in total. The lowest BCUT2D eigenvalue weighted by Gasteiger charge is -2.21. The zero-order valence-electron chi connectivity index (χ0n) is 9.97. The maximum atomic E-state index is 12.1. The van der Waals surface area contributed by atoms with Crippen LogP contribution in [0.3, 0.4) is 0 Å². The highest BCUT2D eigenvalue weighted by atomic mass is 16.5. The Labute approximate surface area is 105 Å². The number of likely N-dealkylation sites (tertiary alicyclic amines) is 1. The molecule has 1 aliphatic heterocycles. The molecule has 6 nitrogen and oxygen atoms in total. The zero-order chi connectivity index (χ0) is 13.0. The summed E-state index contributed by atoms with van der Waals surface area (Å²) in [4.78, 5) is 17.6. The van der Waals surface area contributed by atoms with Gasteiger partial charge in [0.25, 0.3) is 5.91 Å². The van der Waals surface area contributed by atoms with E-state index in [1.165, 1.54) is 0 Å². The van der Waals surface area contributed by atoms with Crippen LogP contribution in [0.25, 0.3) is 0 Å². The molecule has 2 heterocycles. The summed E-state index contributed by atoms with van der Waals surface area (Å²) in [7, 11) is 0. The molecule has 1 unspecified atom stereocenters. The van der Waals surface area contributed by atoms with Gasteiger partial charge in [0, 0.05) is 25.5 Å². The lowest BCUT2D eigenvalue weighted by atomic mass is 10.0. The van der Waals surface area contributed by atoms with Crippen molar-refractivity contribution in [1.29, 1.82) is 5.41 Å². The second kappa shape index (κ2) is 5.70. The number of nitrogens with one attached hydrogen (secondary N) is 2. The summed E-state index contributed by atoms with van der Waals surface area (Å²) in [5.41, 5.74) is 2.52. The third kappa shape index (κ3) is 2.55. The van der Waals surface area contributed by atoms with Crippen LogP contribution in [0.4, 0.5) is 0 Å². The topological polar surface area (TPSA) is 89.3 Å². The second-order valence-electron chi connectivity index (χ2n) is 4.26. The lowest BCUT2D eigenvalue weighted by Crippen LogP contribution is -2.40. The van der Waals surface area contributed by atoms with Crippen LogP contribution in [-0.2, 0) is 4.79 Å². The molecule has 1 aromatic rings. The summed E-state index contributed by atoms with van der Waals surface area (Å²) < 4.78 is 0. The molecule has 0 radical (unpaired) electrons. The number of rotatable bonds is 4. The maximum Gasteiger partial charge on any atom is 0.269 e. The van der Waals surface area contributed by atoms with Crippen LogP contribution >= 0.6 is 0 Å². The molecule has 0 aromatic carbocycles. The van der Waals surface area contributed by atoms with Gasteiger partial charge >= 0.3 is 0 Å². The Bertz CT molecular complexity index is 429. The van der Waals surface area contributed by atoms with Gasteiger partial charge in [0.15, 0.2) is 0 Å². The highest BCUT2D eigenvalue weighted by Crippen LogP contribution is 2.16. The Kier molecular flexibility index (Phi) is 4.01. The maximum absolute atomic E-state index is 12.1. The molecule has 0 bridgehead atoms. The number of carbonyl (C=O) groups is 1. The molecule has 0 saturated carbocycles. The molecule has 6 heteroatoms. The third-order valence-corrected chi connectivity index (χ3v) is 3.08. The van der Waals surface area contributed by atoms with Crippen molar-refractivity contribution < 1.29 is 10.0 Å². The first-order valence-corrected chi connectivity index (χ1v) is 5.91. The number of hydrogen-bond donors (Lipinski definition) is 3. The minimum atomic E-state index is -0.805. The van der Waals surface area contributed by atoms with Crippen LogP contribution < -0.4 is 5.48 Å². The lowest BCUT2D eigenvalue weighted by molar-refractivity contribution is -0.123. The minimum absolute atomic E-state index is 0.148. The SMILES string of the molecule is N=C(C(=O)N1CCCC1)C(NO)c1ccncc1. The third-order valence-electron chi connectivity index (χ3n) is 3.08. The number of hydrogen-bond acceptors (Lipinski definition) is 5. The Morgan fingerprint density at radius 2 is 2.00 bits per heavy atom. The molecule has 18 heavy (non-hydrogen) atoms. The fraction of sp³-hybridized carbons (Fsp3) is 0.417. The van der Waals surface area contributed by atoms with E-state index in [0.717, 1.165) is 12.8 Å². The largest absolute Gasteiger partial charge is 0.338 e. The van der Waals surface area contributed by atoms with Gasteiger partial charge in [0.1, 0.15) is 11.8 Å². The summed E-state index contributed by atoms with van der Waals surface area (Å²) in [6.45, 7) is 1.38. The standard InChI is InChI=1S/C12H16N4O2/c13-10(12(17)16-7-1-2-8-16)11(15-18)9-3-5-14-6-4-9/h3-6,11,13,15,18H,1-2,7-8H2. The van der Waals surface area contributed by atoms with Gasteiger partial charge in [0.05, 0.1) is 0 Å². The van der Waals surface area contributed by atoms with E-state index in [4.69, 9.17) is 10.6 Å². The highest BCUT2D eigenvalue weighted by Gasteiger charge is 2.28. The van der Waals surface area contributed by atoms with Crippen LogP contribution in [0.1, 0.15) is 24.4 Å².